The van der Waals surface area contributed by atoms with E-state index in [1.54, 1.807) is 0 Å². The van der Waals surface area contributed by atoms with Gasteiger partial charge in [-0.1, -0.05) is 6.07 Å². The van der Waals surface area contributed by atoms with Gasteiger partial charge in [0.05, 0.1) is 12.0 Å². The summed E-state index contributed by atoms with van der Waals surface area (Å²) in [5, 5.41) is 29.0. The van der Waals surface area contributed by atoms with Gasteiger partial charge in [0.2, 0.25) is 0 Å². The maximum absolute atomic E-state index is 11.0. The van der Waals surface area contributed by atoms with Crippen molar-refractivity contribution in [1.82, 2.24) is 0 Å². The Morgan fingerprint density at radius 1 is 1.56 bits per heavy atom. The second-order valence-electron chi connectivity index (χ2n) is 2.93. The number of hydrogen-bond donors (Lipinski definition) is 2. The SMILES string of the molecule is COC(=O)C(O)c1ccc(O)c([N+](=O)[O-])c1. The molecule has 1 aromatic rings. The van der Waals surface area contributed by atoms with E-state index in [9.17, 15) is 20.0 Å². The van der Waals surface area contributed by atoms with E-state index in [-0.39, 0.29) is 5.56 Å². The molecule has 86 valence electrons. The fourth-order valence-electron chi connectivity index (χ4n) is 1.10. The molecular formula is C9H9NO6. The van der Waals surface area contributed by atoms with Crippen molar-refractivity contribution in [2.75, 3.05) is 7.11 Å². The lowest BCUT2D eigenvalue weighted by Crippen LogP contribution is -2.13. The summed E-state index contributed by atoms with van der Waals surface area (Å²) < 4.78 is 4.28. The van der Waals surface area contributed by atoms with Crippen LogP contribution in [0, 0.1) is 10.1 Å². The average Bonchev–Trinajstić information content (AvgIpc) is 2.27. The molecule has 2 N–H and O–H groups in total. The first-order valence-electron chi connectivity index (χ1n) is 4.20. The van der Waals surface area contributed by atoms with Crippen molar-refractivity contribution in [1.29, 1.82) is 0 Å². The molecule has 7 heteroatoms. The maximum Gasteiger partial charge on any atom is 0.339 e. The molecule has 1 rings (SSSR count). The first-order chi connectivity index (χ1) is 7.47. The van der Waals surface area contributed by atoms with Crippen molar-refractivity contribution < 1.29 is 24.7 Å². The molecule has 0 heterocycles. The van der Waals surface area contributed by atoms with Crippen LogP contribution in [-0.4, -0.2) is 28.2 Å². The van der Waals surface area contributed by atoms with Gasteiger partial charge in [-0.15, -0.1) is 0 Å². The van der Waals surface area contributed by atoms with Gasteiger partial charge in [-0.3, -0.25) is 10.1 Å². The van der Waals surface area contributed by atoms with Crippen LogP contribution >= 0.6 is 0 Å². The van der Waals surface area contributed by atoms with Gasteiger partial charge in [0, 0.05) is 6.07 Å². The van der Waals surface area contributed by atoms with Gasteiger partial charge in [0.1, 0.15) is 0 Å². The van der Waals surface area contributed by atoms with Crippen molar-refractivity contribution in [2.45, 2.75) is 6.10 Å². The molecule has 0 saturated heterocycles. The third-order valence-electron chi connectivity index (χ3n) is 1.94. The van der Waals surface area contributed by atoms with Crippen molar-refractivity contribution in [3.63, 3.8) is 0 Å². The molecule has 0 fully saturated rings. The van der Waals surface area contributed by atoms with Crippen molar-refractivity contribution in [3.8, 4) is 5.75 Å². The van der Waals surface area contributed by atoms with Crippen LogP contribution in [0.25, 0.3) is 0 Å². The number of hydrogen-bond acceptors (Lipinski definition) is 6. The molecule has 0 bridgehead atoms. The number of nitro groups is 1. The average molecular weight is 227 g/mol. The molecule has 0 aliphatic rings. The number of aliphatic hydroxyl groups excluding tert-OH is 1. The number of carbonyl (C=O) groups excluding carboxylic acids is 1. The topological polar surface area (TPSA) is 110 Å². The van der Waals surface area contributed by atoms with Crippen molar-refractivity contribution in [3.05, 3.63) is 33.9 Å². The van der Waals surface area contributed by atoms with Crippen molar-refractivity contribution in [2.24, 2.45) is 0 Å². The smallest absolute Gasteiger partial charge is 0.339 e. The Bertz CT molecular complexity index is 430. The predicted molar refractivity (Wildman–Crippen MR) is 51.7 cm³/mol. The van der Waals surface area contributed by atoms with E-state index in [2.05, 4.69) is 4.74 Å². The summed E-state index contributed by atoms with van der Waals surface area (Å²) in [5.74, 6) is -1.47. The van der Waals surface area contributed by atoms with Gasteiger partial charge >= 0.3 is 11.7 Å². The van der Waals surface area contributed by atoms with E-state index in [0.717, 1.165) is 19.2 Å². The van der Waals surface area contributed by atoms with E-state index in [0.29, 0.717) is 0 Å². The Labute approximate surface area is 90.0 Å². The number of esters is 1. The number of aliphatic hydroxyl groups is 1. The lowest BCUT2D eigenvalue weighted by atomic mass is 10.1. The molecule has 1 aromatic carbocycles. The van der Waals surface area contributed by atoms with Gasteiger partial charge < -0.3 is 14.9 Å². The monoisotopic (exact) mass is 227 g/mol. The molecule has 1 unspecified atom stereocenters. The number of aromatic hydroxyl groups is 1. The van der Waals surface area contributed by atoms with Crippen molar-refractivity contribution >= 4 is 11.7 Å². The lowest BCUT2D eigenvalue weighted by molar-refractivity contribution is -0.386. The molecule has 0 spiro atoms. The third-order valence-corrected chi connectivity index (χ3v) is 1.94. The number of phenolic OH excluding ortho intramolecular Hbond substituents is 1. The predicted octanol–water partition coefficient (Wildman–Crippen LogP) is 0.507. The summed E-state index contributed by atoms with van der Waals surface area (Å²) in [7, 11) is 1.08. The van der Waals surface area contributed by atoms with Crippen LogP contribution in [0.5, 0.6) is 5.75 Å². The molecule has 0 aliphatic carbocycles. The van der Waals surface area contributed by atoms with Crippen LogP contribution < -0.4 is 0 Å². The van der Waals surface area contributed by atoms with Crippen LogP contribution in [-0.2, 0) is 9.53 Å². The molecule has 0 radical (unpaired) electrons. The summed E-state index contributed by atoms with van der Waals surface area (Å²) in [6, 6.07) is 3.14. The first-order valence-corrected chi connectivity index (χ1v) is 4.20. The summed E-state index contributed by atoms with van der Waals surface area (Å²) >= 11 is 0. The summed E-state index contributed by atoms with van der Waals surface area (Å²) in [6.07, 6.45) is -1.61. The molecular weight excluding hydrogens is 218 g/mol. The molecule has 0 aromatic heterocycles. The van der Waals surface area contributed by atoms with E-state index >= 15 is 0 Å². The standard InChI is InChI=1S/C9H9NO6/c1-16-9(13)8(12)5-2-3-7(11)6(4-5)10(14)15/h2-4,8,11-12H,1H3. The largest absolute Gasteiger partial charge is 0.502 e. The molecule has 0 amide bonds. The van der Waals surface area contributed by atoms with Gasteiger partial charge in [-0.05, 0) is 11.6 Å². The minimum atomic E-state index is -1.61. The number of rotatable bonds is 3. The summed E-state index contributed by atoms with van der Waals surface area (Å²) in [6.45, 7) is 0. The molecule has 0 aliphatic heterocycles. The van der Waals surface area contributed by atoms with E-state index < -0.39 is 28.4 Å². The zero-order valence-electron chi connectivity index (χ0n) is 8.28. The minimum absolute atomic E-state index is 0.0173. The summed E-state index contributed by atoms with van der Waals surface area (Å²) in [5.41, 5.74) is -0.600. The lowest BCUT2D eigenvalue weighted by Gasteiger charge is -2.08. The highest BCUT2D eigenvalue weighted by Crippen LogP contribution is 2.29. The zero-order valence-corrected chi connectivity index (χ0v) is 8.28. The number of ether oxygens (including phenoxy) is 1. The molecule has 16 heavy (non-hydrogen) atoms. The maximum atomic E-state index is 11.0. The number of carbonyl (C=O) groups is 1. The van der Waals surface area contributed by atoms with Gasteiger partial charge in [0.15, 0.2) is 11.9 Å². The number of nitrogens with zero attached hydrogens (tertiary/aromatic N) is 1. The van der Waals surface area contributed by atoms with Crippen LogP contribution in [0.3, 0.4) is 0 Å². The Morgan fingerprint density at radius 2 is 2.19 bits per heavy atom. The number of benzene rings is 1. The molecule has 7 nitrogen and oxygen atoms in total. The highest BCUT2D eigenvalue weighted by atomic mass is 16.6. The highest BCUT2D eigenvalue weighted by Gasteiger charge is 2.22. The number of methoxy groups -OCH3 is 1. The van der Waals surface area contributed by atoms with Crippen LogP contribution in [0.1, 0.15) is 11.7 Å². The quantitative estimate of drug-likeness (QED) is 0.442. The fraction of sp³-hybridized carbons (Fsp3) is 0.222. The second-order valence-corrected chi connectivity index (χ2v) is 2.93. The van der Waals surface area contributed by atoms with E-state index in [4.69, 9.17) is 5.11 Å². The Balaban J connectivity index is 3.12. The van der Waals surface area contributed by atoms with E-state index in [1.165, 1.54) is 6.07 Å². The van der Waals surface area contributed by atoms with Gasteiger partial charge in [0.25, 0.3) is 0 Å². The highest BCUT2D eigenvalue weighted by molar-refractivity contribution is 5.76. The number of phenols is 1. The molecule has 0 saturated carbocycles. The fourth-order valence-corrected chi connectivity index (χ4v) is 1.10. The molecule has 1 atom stereocenters. The van der Waals surface area contributed by atoms with Crippen LogP contribution in [0.2, 0.25) is 0 Å². The van der Waals surface area contributed by atoms with Crippen LogP contribution in [0.15, 0.2) is 18.2 Å². The minimum Gasteiger partial charge on any atom is -0.502 e. The Hall–Kier alpha value is -2.15. The van der Waals surface area contributed by atoms with Crippen LogP contribution in [0.4, 0.5) is 5.69 Å². The van der Waals surface area contributed by atoms with E-state index in [1.807, 2.05) is 0 Å². The zero-order chi connectivity index (χ0) is 12.3. The Morgan fingerprint density at radius 3 is 2.69 bits per heavy atom. The number of nitro benzene ring substituents is 1. The van der Waals surface area contributed by atoms with Gasteiger partial charge in [-0.2, -0.15) is 0 Å². The van der Waals surface area contributed by atoms with Gasteiger partial charge in [-0.25, -0.2) is 4.79 Å². The second kappa shape index (κ2) is 4.58. The normalized spacial score (nSPS) is 11.9. The Kier molecular flexibility index (Phi) is 3.41. The summed E-state index contributed by atoms with van der Waals surface area (Å²) in [4.78, 5) is 20.6. The first kappa shape index (κ1) is 11.9. The third kappa shape index (κ3) is 2.26.